The molecule has 1 rings (SSSR count). The first kappa shape index (κ1) is 14.9. The second kappa shape index (κ2) is 8.06. The molecule has 0 fully saturated rings. The lowest BCUT2D eigenvalue weighted by atomic mass is 10.1. The molecule has 4 heteroatoms. The standard InChI is InChI=1S/C15H18N2O2/c1-3-12-4-6-13(7-5-12)10-14(11-16)15(18)17-8-9-19-2/h4-7,10H,3,8-9H2,1-2H3,(H,17,18)/b14-10+. The Bertz CT molecular complexity index is 484. The number of ether oxygens (including phenoxy) is 1. The molecule has 1 amide bonds. The van der Waals surface area contributed by atoms with Gasteiger partial charge >= 0.3 is 0 Å². The number of hydrogen-bond acceptors (Lipinski definition) is 3. The fraction of sp³-hybridized carbons (Fsp3) is 0.333. The number of benzene rings is 1. The minimum atomic E-state index is -0.376. The van der Waals surface area contributed by atoms with E-state index in [1.165, 1.54) is 5.56 Å². The van der Waals surface area contributed by atoms with E-state index in [-0.39, 0.29) is 11.5 Å². The number of carbonyl (C=O) groups excluding carboxylic acids is 1. The smallest absolute Gasteiger partial charge is 0.262 e. The maximum atomic E-state index is 11.7. The fourth-order valence-corrected chi connectivity index (χ4v) is 1.53. The Balaban J connectivity index is 2.75. The summed E-state index contributed by atoms with van der Waals surface area (Å²) < 4.78 is 4.83. The maximum Gasteiger partial charge on any atom is 0.262 e. The zero-order valence-corrected chi connectivity index (χ0v) is 11.3. The van der Waals surface area contributed by atoms with Gasteiger partial charge in [-0.15, -0.1) is 0 Å². The molecule has 4 nitrogen and oxygen atoms in total. The van der Waals surface area contributed by atoms with E-state index in [0.717, 1.165) is 12.0 Å². The van der Waals surface area contributed by atoms with E-state index < -0.39 is 0 Å². The summed E-state index contributed by atoms with van der Waals surface area (Å²) in [6.07, 6.45) is 2.55. The van der Waals surface area contributed by atoms with Crippen molar-refractivity contribution in [2.75, 3.05) is 20.3 Å². The summed E-state index contributed by atoms with van der Waals surface area (Å²) >= 11 is 0. The summed E-state index contributed by atoms with van der Waals surface area (Å²) in [6.45, 7) is 2.90. The van der Waals surface area contributed by atoms with Crippen LogP contribution >= 0.6 is 0 Å². The molecule has 0 aliphatic rings. The molecule has 0 bridgehead atoms. The third kappa shape index (κ3) is 4.94. The van der Waals surface area contributed by atoms with Crippen LogP contribution in [0.1, 0.15) is 18.1 Å². The van der Waals surface area contributed by atoms with Crippen molar-refractivity contribution in [1.29, 1.82) is 5.26 Å². The molecule has 0 aliphatic carbocycles. The highest BCUT2D eigenvalue weighted by molar-refractivity contribution is 6.01. The van der Waals surface area contributed by atoms with Gasteiger partial charge in [-0.2, -0.15) is 5.26 Å². The average Bonchev–Trinajstić information content (AvgIpc) is 2.45. The fourth-order valence-electron chi connectivity index (χ4n) is 1.53. The van der Waals surface area contributed by atoms with E-state index in [4.69, 9.17) is 10.00 Å². The number of methoxy groups -OCH3 is 1. The van der Waals surface area contributed by atoms with Gasteiger partial charge < -0.3 is 10.1 Å². The summed E-state index contributed by atoms with van der Waals surface area (Å²) in [5.74, 6) is -0.376. The van der Waals surface area contributed by atoms with Gasteiger partial charge in [0.15, 0.2) is 0 Å². The zero-order chi connectivity index (χ0) is 14.1. The minimum absolute atomic E-state index is 0.0975. The summed E-state index contributed by atoms with van der Waals surface area (Å²) in [4.78, 5) is 11.7. The van der Waals surface area contributed by atoms with Crippen LogP contribution in [-0.4, -0.2) is 26.2 Å². The van der Waals surface area contributed by atoms with Gasteiger partial charge in [0.2, 0.25) is 0 Å². The number of rotatable bonds is 6. The summed E-state index contributed by atoms with van der Waals surface area (Å²) in [6, 6.07) is 9.70. The molecular formula is C15H18N2O2. The highest BCUT2D eigenvalue weighted by atomic mass is 16.5. The lowest BCUT2D eigenvalue weighted by molar-refractivity contribution is -0.117. The molecule has 1 aromatic carbocycles. The molecule has 19 heavy (non-hydrogen) atoms. The number of nitriles is 1. The predicted octanol–water partition coefficient (Wildman–Crippen LogP) is 1.92. The lowest BCUT2D eigenvalue weighted by Gasteiger charge is -2.03. The molecule has 1 aromatic rings. The molecular weight excluding hydrogens is 240 g/mol. The van der Waals surface area contributed by atoms with Crippen LogP contribution in [0.5, 0.6) is 0 Å². The lowest BCUT2D eigenvalue weighted by Crippen LogP contribution is -2.27. The third-order valence-electron chi connectivity index (χ3n) is 2.66. The van der Waals surface area contributed by atoms with Gasteiger partial charge in [0.25, 0.3) is 5.91 Å². The van der Waals surface area contributed by atoms with Crippen LogP contribution < -0.4 is 5.32 Å². The molecule has 0 aliphatic heterocycles. The quantitative estimate of drug-likeness (QED) is 0.481. The Labute approximate surface area is 113 Å². The first-order valence-corrected chi connectivity index (χ1v) is 6.19. The van der Waals surface area contributed by atoms with Crippen LogP contribution in [0.4, 0.5) is 0 Å². The van der Waals surface area contributed by atoms with Gasteiger partial charge in [0.05, 0.1) is 6.61 Å². The molecule has 0 unspecified atom stereocenters. The number of nitrogens with zero attached hydrogens (tertiary/aromatic N) is 1. The van der Waals surface area contributed by atoms with E-state index in [0.29, 0.717) is 13.2 Å². The molecule has 0 saturated carbocycles. The van der Waals surface area contributed by atoms with E-state index in [1.54, 1.807) is 13.2 Å². The van der Waals surface area contributed by atoms with E-state index in [1.807, 2.05) is 30.3 Å². The van der Waals surface area contributed by atoms with Crippen molar-refractivity contribution >= 4 is 12.0 Å². The largest absolute Gasteiger partial charge is 0.383 e. The number of hydrogen-bond donors (Lipinski definition) is 1. The van der Waals surface area contributed by atoms with Crippen molar-refractivity contribution in [2.45, 2.75) is 13.3 Å². The van der Waals surface area contributed by atoms with Crippen molar-refractivity contribution in [2.24, 2.45) is 0 Å². The normalized spacial score (nSPS) is 10.9. The van der Waals surface area contributed by atoms with Gasteiger partial charge in [-0.25, -0.2) is 0 Å². The second-order valence-electron chi connectivity index (χ2n) is 4.01. The van der Waals surface area contributed by atoms with Gasteiger partial charge in [-0.05, 0) is 23.6 Å². The second-order valence-corrected chi connectivity index (χ2v) is 4.01. The van der Waals surface area contributed by atoms with Gasteiger partial charge in [0.1, 0.15) is 11.6 Å². The number of amides is 1. The van der Waals surface area contributed by atoms with Crippen LogP contribution in [-0.2, 0) is 16.0 Å². The molecule has 0 saturated heterocycles. The monoisotopic (exact) mass is 258 g/mol. The van der Waals surface area contributed by atoms with Crippen molar-refractivity contribution in [3.05, 3.63) is 41.0 Å². The Hall–Kier alpha value is -2.12. The Morgan fingerprint density at radius 2 is 2.11 bits per heavy atom. The summed E-state index contributed by atoms with van der Waals surface area (Å²) in [5, 5.41) is 11.6. The molecule has 100 valence electrons. The minimum Gasteiger partial charge on any atom is -0.383 e. The molecule has 1 N–H and O–H groups in total. The van der Waals surface area contributed by atoms with Crippen LogP contribution in [0.15, 0.2) is 29.8 Å². The molecule has 0 heterocycles. The zero-order valence-electron chi connectivity index (χ0n) is 11.3. The van der Waals surface area contributed by atoms with Crippen LogP contribution in [0.2, 0.25) is 0 Å². The maximum absolute atomic E-state index is 11.7. The average molecular weight is 258 g/mol. The van der Waals surface area contributed by atoms with Crippen molar-refractivity contribution in [1.82, 2.24) is 5.32 Å². The van der Waals surface area contributed by atoms with Crippen LogP contribution in [0.25, 0.3) is 6.08 Å². The van der Waals surface area contributed by atoms with E-state index >= 15 is 0 Å². The summed E-state index contributed by atoms with van der Waals surface area (Å²) in [7, 11) is 1.56. The molecule has 0 aromatic heterocycles. The number of carbonyl (C=O) groups is 1. The Morgan fingerprint density at radius 3 is 2.63 bits per heavy atom. The van der Waals surface area contributed by atoms with Crippen LogP contribution in [0.3, 0.4) is 0 Å². The third-order valence-corrected chi connectivity index (χ3v) is 2.66. The predicted molar refractivity (Wildman–Crippen MR) is 74.3 cm³/mol. The topological polar surface area (TPSA) is 62.1 Å². The van der Waals surface area contributed by atoms with E-state index in [9.17, 15) is 4.79 Å². The van der Waals surface area contributed by atoms with Crippen molar-refractivity contribution in [3.8, 4) is 6.07 Å². The van der Waals surface area contributed by atoms with Gasteiger partial charge in [0, 0.05) is 13.7 Å². The van der Waals surface area contributed by atoms with E-state index in [2.05, 4.69) is 12.2 Å². The SMILES string of the molecule is CCc1ccc(/C=C(\C#N)C(=O)NCCOC)cc1. The summed E-state index contributed by atoms with van der Waals surface area (Å²) in [5.41, 5.74) is 2.16. The number of aryl methyl sites for hydroxylation is 1. The Morgan fingerprint density at radius 1 is 1.42 bits per heavy atom. The molecule has 0 radical (unpaired) electrons. The van der Waals surface area contributed by atoms with Crippen molar-refractivity contribution in [3.63, 3.8) is 0 Å². The Kier molecular flexibility index (Phi) is 6.34. The highest BCUT2D eigenvalue weighted by Crippen LogP contribution is 2.09. The van der Waals surface area contributed by atoms with Gasteiger partial charge in [-0.1, -0.05) is 31.2 Å². The highest BCUT2D eigenvalue weighted by Gasteiger charge is 2.07. The van der Waals surface area contributed by atoms with Crippen LogP contribution in [0, 0.1) is 11.3 Å². The first-order chi connectivity index (χ1) is 9.21. The molecule has 0 atom stereocenters. The first-order valence-electron chi connectivity index (χ1n) is 6.19. The molecule has 0 spiro atoms. The van der Waals surface area contributed by atoms with Gasteiger partial charge in [-0.3, -0.25) is 4.79 Å². The van der Waals surface area contributed by atoms with Crippen molar-refractivity contribution < 1.29 is 9.53 Å². The number of nitrogens with one attached hydrogen (secondary N) is 1.